The highest BCUT2D eigenvalue weighted by atomic mass is 16.2. The minimum absolute atomic E-state index is 0.0554. The monoisotopic (exact) mass is 267 g/mol. The van der Waals surface area contributed by atoms with E-state index in [9.17, 15) is 9.59 Å². The second-order valence-electron chi connectivity index (χ2n) is 5.77. The Morgan fingerprint density at radius 1 is 1.42 bits per heavy atom. The molecule has 2 N–H and O–H groups in total. The normalized spacial score (nSPS) is 26.5. The summed E-state index contributed by atoms with van der Waals surface area (Å²) in [5, 5.41) is 6.21. The van der Waals surface area contributed by atoms with E-state index < -0.39 is 0 Å². The van der Waals surface area contributed by atoms with E-state index in [0.29, 0.717) is 44.3 Å². The third-order valence-corrected chi connectivity index (χ3v) is 4.30. The number of hydrogen-bond acceptors (Lipinski definition) is 3. The standard InChI is InChI=1S/C14H25N3O2/c1-11(12-3-2-5-15-10-12)9-14(19)17-7-4-13(18)16-6-8-17/h11-12,15H,2-10H2,1H3,(H,16,18). The molecule has 2 unspecified atom stereocenters. The minimum Gasteiger partial charge on any atom is -0.354 e. The van der Waals surface area contributed by atoms with Gasteiger partial charge in [-0.15, -0.1) is 0 Å². The van der Waals surface area contributed by atoms with Crippen molar-refractivity contribution in [1.82, 2.24) is 15.5 Å². The van der Waals surface area contributed by atoms with E-state index in [4.69, 9.17) is 0 Å². The van der Waals surface area contributed by atoms with E-state index in [1.165, 1.54) is 12.8 Å². The van der Waals surface area contributed by atoms with Gasteiger partial charge in [0.15, 0.2) is 0 Å². The van der Waals surface area contributed by atoms with Crippen LogP contribution in [-0.4, -0.2) is 49.4 Å². The Hall–Kier alpha value is -1.10. The zero-order valence-corrected chi connectivity index (χ0v) is 11.8. The Morgan fingerprint density at radius 3 is 3.00 bits per heavy atom. The van der Waals surface area contributed by atoms with Gasteiger partial charge in [0.2, 0.25) is 11.8 Å². The molecule has 0 aromatic rings. The number of nitrogens with one attached hydrogen (secondary N) is 2. The van der Waals surface area contributed by atoms with Crippen molar-refractivity contribution < 1.29 is 9.59 Å². The maximum atomic E-state index is 12.3. The molecule has 0 aliphatic carbocycles. The van der Waals surface area contributed by atoms with Crippen LogP contribution in [0.2, 0.25) is 0 Å². The Bertz CT molecular complexity index is 327. The van der Waals surface area contributed by atoms with Crippen LogP contribution in [0.15, 0.2) is 0 Å². The number of nitrogens with zero attached hydrogens (tertiary/aromatic N) is 1. The lowest BCUT2D eigenvalue weighted by Crippen LogP contribution is -2.38. The van der Waals surface area contributed by atoms with Gasteiger partial charge in [-0.05, 0) is 37.8 Å². The van der Waals surface area contributed by atoms with Crippen LogP contribution in [0.25, 0.3) is 0 Å². The van der Waals surface area contributed by atoms with Gasteiger partial charge < -0.3 is 15.5 Å². The Balaban J connectivity index is 1.80. The average Bonchev–Trinajstić information content (AvgIpc) is 2.64. The quantitative estimate of drug-likeness (QED) is 0.776. The van der Waals surface area contributed by atoms with Crippen LogP contribution < -0.4 is 10.6 Å². The molecule has 0 bridgehead atoms. The van der Waals surface area contributed by atoms with Crippen molar-refractivity contribution in [2.45, 2.75) is 32.6 Å². The first kappa shape index (κ1) is 14.3. The van der Waals surface area contributed by atoms with Gasteiger partial charge in [0.05, 0.1) is 0 Å². The van der Waals surface area contributed by atoms with Gasteiger partial charge >= 0.3 is 0 Å². The molecule has 2 heterocycles. The third-order valence-electron chi connectivity index (χ3n) is 4.30. The van der Waals surface area contributed by atoms with Gasteiger partial charge in [-0.3, -0.25) is 9.59 Å². The first-order valence-electron chi connectivity index (χ1n) is 7.42. The van der Waals surface area contributed by atoms with Crippen molar-refractivity contribution in [3.05, 3.63) is 0 Å². The lowest BCUT2D eigenvalue weighted by Gasteiger charge is -2.29. The molecule has 0 radical (unpaired) electrons. The van der Waals surface area contributed by atoms with Crippen molar-refractivity contribution in [3.8, 4) is 0 Å². The summed E-state index contributed by atoms with van der Waals surface area (Å²) in [5.41, 5.74) is 0. The first-order valence-corrected chi connectivity index (χ1v) is 7.42. The smallest absolute Gasteiger partial charge is 0.222 e. The van der Waals surface area contributed by atoms with Crippen LogP contribution in [0.3, 0.4) is 0 Å². The summed E-state index contributed by atoms with van der Waals surface area (Å²) in [7, 11) is 0. The van der Waals surface area contributed by atoms with E-state index in [2.05, 4.69) is 17.6 Å². The van der Waals surface area contributed by atoms with Gasteiger partial charge in [-0.25, -0.2) is 0 Å². The van der Waals surface area contributed by atoms with Crippen molar-refractivity contribution >= 4 is 11.8 Å². The van der Waals surface area contributed by atoms with Crippen molar-refractivity contribution in [2.24, 2.45) is 11.8 Å². The Kier molecular flexibility index (Phi) is 5.19. The SMILES string of the molecule is CC(CC(=O)N1CCNC(=O)CC1)C1CCCNC1. The number of carbonyl (C=O) groups is 2. The van der Waals surface area contributed by atoms with Crippen molar-refractivity contribution in [2.75, 3.05) is 32.7 Å². The fourth-order valence-corrected chi connectivity index (χ4v) is 2.95. The summed E-state index contributed by atoms with van der Waals surface area (Å²) in [6, 6.07) is 0. The molecule has 2 amide bonds. The highest BCUT2D eigenvalue weighted by molar-refractivity contribution is 5.80. The summed E-state index contributed by atoms with van der Waals surface area (Å²) < 4.78 is 0. The lowest BCUT2D eigenvalue weighted by atomic mass is 9.85. The predicted octanol–water partition coefficient (Wildman–Crippen LogP) is 0.361. The summed E-state index contributed by atoms with van der Waals surface area (Å²) >= 11 is 0. The van der Waals surface area contributed by atoms with E-state index in [-0.39, 0.29) is 11.8 Å². The highest BCUT2D eigenvalue weighted by Crippen LogP contribution is 2.23. The molecule has 5 heteroatoms. The van der Waals surface area contributed by atoms with E-state index >= 15 is 0 Å². The maximum absolute atomic E-state index is 12.3. The molecule has 0 saturated carbocycles. The molecule has 108 valence electrons. The van der Waals surface area contributed by atoms with Crippen molar-refractivity contribution in [1.29, 1.82) is 0 Å². The largest absolute Gasteiger partial charge is 0.354 e. The number of amides is 2. The number of hydrogen-bond donors (Lipinski definition) is 2. The molecule has 2 fully saturated rings. The maximum Gasteiger partial charge on any atom is 0.222 e. The molecule has 5 nitrogen and oxygen atoms in total. The van der Waals surface area contributed by atoms with Gasteiger partial charge in [-0.2, -0.15) is 0 Å². The van der Waals surface area contributed by atoms with Crippen LogP contribution >= 0.6 is 0 Å². The van der Waals surface area contributed by atoms with Crippen LogP contribution in [0.1, 0.15) is 32.6 Å². The van der Waals surface area contributed by atoms with E-state index in [1.54, 1.807) is 0 Å². The zero-order chi connectivity index (χ0) is 13.7. The molecule has 2 saturated heterocycles. The molecule has 0 aromatic heterocycles. The van der Waals surface area contributed by atoms with Crippen LogP contribution in [0.5, 0.6) is 0 Å². The second-order valence-corrected chi connectivity index (χ2v) is 5.77. The van der Waals surface area contributed by atoms with Crippen LogP contribution in [-0.2, 0) is 9.59 Å². The van der Waals surface area contributed by atoms with Crippen molar-refractivity contribution in [3.63, 3.8) is 0 Å². The first-order chi connectivity index (χ1) is 9.16. The molecule has 2 rings (SSSR count). The Morgan fingerprint density at radius 2 is 2.26 bits per heavy atom. The summed E-state index contributed by atoms with van der Waals surface area (Å²) in [6.07, 6.45) is 3.48. The second kappa shape index (κ2) is 6.89. The topological polar surface area (TPSA) is 61.4 Å². The summed E-state index contributed by atoms with van der Waals surface area (Å²) in [6.45, 7) is 6.13. The van der Waals surface area contributed by atoms with E-state index in [0.717, 1.165) is 13.1 Å². The molecule has 19 heavy (non-hydrogen) atoms. The molecular weight excluding hydrogens is 242 g/mol. The number of carbonyl (C=O) groups excluding carboxylic acids is 2. The van der Waals surface area contributed by atoms with Gasteiger partial charge in [0, 0.05) is 32.5 Å². The number of rotatable bonds is 3. The lowest BCUT2D eigenvalue weighted by molar-refractivity contribution is -0.132. The van der Waals surface area contributed by atoms with Gasteiger partial charge in [0.25, 0.3) is 0 Å². The third kappa shape index (κ3) is 4.20. The minimum atomic E-state index is 0.0554. The summed E-state index contributed by atoms with van der Waals surface area (Å²) in [4.78, 5) is 25.4. The average molecular weight is 267 g/mol. The fraction of sp³-hybridized carbons (Fsp3) is 0.857. The van der Waals surface area contributed by atoms with Gasteiger partial charge in [0.1, 0.15) is 0 Å². The van der Waals surface area contributed by atoms with E-state index in [1.807, 2.05) is 4.90 Å². The molecule has 0 aromatic carbocycles. The molecule has 2 aliphatic heterocycles. The van der Waals surface area contributed by atoms with Gasteiger partial charge in [-0.1, -0.05) is 6.92 Å². The highest BCUT2D eigenvalue weighted by Gasteiger charge is 2.25. The zero-order valence-electron chi connectivity index (χ0n) is 11.8. The number of piperidine rings is 1. The Labute approximate surface area is 115 Å². The van der Waals surface area contributed by atoms with Crippen LogP contribution in [0.4, 0.5) is 0 Å². The molecule has 0 spiro atoms. The summed E-state index contributed by atoms with van der Waals surface area (Å²) in [5.74, 6) is 1.30. The molecular formula is C14H25N3O2. The molecule has 2 atom stereocenters. The fourth-order valence-electron chi connectivity index (χ4n) is 2.95. The van der Waals surface area contributed by atoms with Crippen LogP contribution in [0, 0.1) is 11.8 Å². The predicted molar refractivity (Wildman–Crippen MR) is 73.6 cm³/mol. The molecule has 2 aliphatic rings.